The van der Waals surface area contributed by atoms with Crippen molar-refractivity contribution >= 4 is 23.9 Å². The fourth-order valence-corrected chi connectivity index (χ4v) is 2.44. The van der Waals surface area contributed by atoms with Gasteiger partial charge in [-0.25, -0.2) is 0 Å². The van der Waals surface area contributed by atoms with E-state index >= 15 is 0 Å². The number of hydrogen-bond acceptors (Lipinski definition) is 9. The molecule has 9 nitrogen and oxygen atoms in total. The van der Waals surface area contributed by atoms with Crippen molar-refractivity contribution in [1.29, 1.82) is 0 Å². The van der Waals surface area contributed by atoms with E-state index in [1.807, 2.05) is 0 Å². The van der Waals surface area contributed by atoms with Crippen LogP contribution in [0.2, 0.25) is 0 Å². The molecule has 0 spiro atoms. The minimum Gasteiger partial charge on any atom is -0.458 e. The molecule has 3 atom stereocenters. The molecule has 0 saturated carbocycles. The fraction of sp³-hybridized carbons (Fsp3) is 0.615. The summed E-state index contributed by atoms with van der Waals surface area (Å²) in [5.41, 5.74) is 5.95. The second-order valence-electron chi connectivity index (χ2n) is 10.2. The molecular weight excluding hydrogens is 454 g/mol. The highest BCUT2D eigenvalue weighted by Gasteiger charge is 2.29. The number of esters is 4. The lowest BCUT2D eigenvalue weighted by atomic mass is 9.97. The van der Waals surface area contributed by atoms with Gasteiger partial charge in [0, 0.05) is 0 Å². The highest BCUT2D eigenvalue weighted by molar-refractivity contribution is 5.79. The minimum atomic E-state index is -1.03. The van der Waals surface area contributed by atoms with Crippen LogP contribution in [-0.2, 0) is 35.1 Å². The normalized spacial score (nSPS) is 14.2. The fourth-order valence-electron chi connectivity index (χ4n) is 2.44. The zero-order chi connectivity index (χ0) is 27.1. The van der Waals surface area contributed by atoms with E-state index in [1.54, 1.807) is 68.4 Å². The van der Waals surface area contributed by atoms with Gasteiger partial charge < -0.3 is 24.7 Å². The predicted octanol–water partition coefficient (Wildman–Crippen LogP) is 3.59. The van der Waals surface area contributed by atoms with Crippen LogP contribution in [-0.4, -0.2) is 42.1 Å². The number of nitrogens with two attached hydrogens (primary N) is 1. The number of benzene rings is 1. The molecule has 1 aromatic rings. The monoisotopic (exact) mass is 493 g/mol. The van der Waals surface area contributed by atoms with Gasteiger partial charge in [-0.15, -0.1) is 0 Å². The Morgan fingerprint density at radius 1 is 0.771 bits per heavy atom. The van der Waals surface area contributed by atoms with Gasteiger partial charge in [-0.2, -0.15) is 0 Å². The Morgan fingerprint density at radius 2 is 1.26 bits per heavy atom. The molecule has 9 heteroatoms. The van der Waals surface area contributed by atoms with Crippen molar-refractivity contribution < 1.29 is 38.1 Å². The molecule has 0 radical (unpaired) electrons. The van der Waals surface area contributed by atoms with Crippen molar-refractivity contribution in [3.63, 3.8) is 0 Å². The number of ether oxygens (including phenoxy) is 4. The maximum atomic E-state index is 12.5. The van der Waals surface area contributed by atoms with Crippen molar-refractivity contribution in [3.8, 4) is 11.5 Å². The molecule has 0 aliphatic heterocycles. The summed E-state index contributed by atoms with van der Waals surface area (Å²) in [5.74, 6) is -2.67. The van der Waals surface area contributed by atoms with Gasteiger partial charge in [-0.05, 0) is 58.7 Å². The Bertz CT molecular complexity index is 916. The predicted molar refractivity (Wildman–Crippen MR) is 130 cm³/mol. The maximum Gasteiger partial charge on any atom is 0.323 e. The smallest absolute Gasteiger partial charge is 0.323 e. The molecule has 0 aliphatic carbocycles. The van der Waals surface area contributed by atoms with Crippen LogP contribution < -0.4 is 15.2 Å². The van der Waals surface area contributed by atoms with Gasteiger partial charge in [-0.3, -0.25) is 19.2 Å². The molecule has 0 heterocycles. The van der Waals surface area contributed by atoms with Crippen molar-refractivity contribution in [3.05, 3.63) is 23.8 Å². The van der Waals surface area contributed by atoms with Gasteiger partial charge in [0.15, 0.2) is 11.5 Å². The SMILES string of the molecule is CC(C)C(=O)Oc1ccc(C[C@H](N)C(=O)O[C@@H](C)[C@H](C)OC(=O)C(C)(C)C)cc1OC(=O)C(C)C. The summed E-state index contributed by atoms with van der Waals surface area (Å²) < 4.78 is 21.5. The van der Waals surface area contributed by atoms with Crippen LogP contribution in [0.15, 0.2) is 18.2 Å². The van der Waals surface area contributed by atoms with E-state index in [4.69, 9.17) is 24.7 Å². The van der Waals surface area contributed by atoms with Crippen molar-refractivity contribution in [2.45, 2.75) is 87.0 Å². The maximum absolute atomic E-state index is 12.5. The van der Waals surface area contributed by atoms with Crippen molar-refractivity contribution in [2.24, 2.45) is 23.0 Å². The highest BCUT2D eigenvalue weighted by atomic mass is 16.6. The van der Waals surface area contributed by atoms with Crippen LogP contribution in [0.25, 0.3) is 0 Å². The van der Waals surface area contributed by atoms with E-state index in [2.05, 4.69) is 0 Å². The quantitative estimate of drug-likeness (QED) is 0.384. The van der Waals surface area contributed by atoms with Gasteiger partial charge in [-0.1, -0.05) is 33.8 Å². The number of carbonyl (C=O) groups excluding carboxylic acids is 4. The van der Waals surface area contributed by atoms with E-state index in [0.29, 0.717) is 5.56 Å². The third-order valence-corrected chi connectivity index (χ3v) is 5.00. The van der Waals surface area contributed by atoms with Gasteiger partial charge in [0.25, 0.3) is 0 Å². The Balaban J connectivity index is 2.93. The molecule has 0 bridgehead atoms. The molecule has 0 aromatic heterocycles. The lowest BCUT2D eigenvalue weighted by Crippen LogP contribution is -2.40. The summed E-state index contributed by atoms with van der Waals surface area (Å²) in [6.45, 7) is 15.2. The average molecular weight is 494 g/mol. The largest absolute Gasteiger partial charge is 0.458 e. The topological polar surface area (TPSA) is 131 Å². The Kier molecular flexibility index (Phi) is 10.9. The van der Waals surface area contributed by atoms with E-state index in [1.165, 1.54) is 12.1 Å². The molecule has 0 aliphatic rings. The zero-order valence-electron chi connectivity index (χ0n) is 22.2. The molecule has 1 rings (SSSR count). The molecule has 0 saturated heterocycles. The third kappa shape index (κ3) is 9.68. The minimum absolute atomic E-state index is 0.0619. The summed E-state index contributed by atoms with van der Waals surface area (Å²) in [4.78, 5) is 48.8. The van der Waals surface area contributed by atoms with Gasteiger partial charge >= 0.3 is 23.9 Å². The molecule has 35 heavy (non-hydrogen) atoms. The summed E-state index contributed by atoms with van der Waals surface area (Å²) in [7, 11) is 0. The van der Waals surface area contributed by atoms with Gasteiger partial charge in [0.1, 0.15) is 18.2 Å². The molecule has 196 valence electrons. The molecule has 0 fully saturated rings. The van der Waals surface area contributed by atoms with E-state index in [9.17, 15) is 19.2 Å². The van der Waals surface area contributed by atoms with Crippen LogP contribution >= 0.6 is 0 Å². The van der Waals surface area contributed by atoms with E-state index in [0.717, 1.165) is 0 Å². The summed E-state index contributed by atoms with van der Waals surface area (Å²) in [5, 5.41) is 0. The number of carbonyl (C=O) groups is 4. The molecule has 1 aromatic carbocycles. The molecule has 2 N–H and O–H groups in total. The van der Waals surface area contributed by atoms with Crippen molar-refractivity contribution in [2.75, 3.05) is 0 Å². The summed E-state index contributed by atoms with van der Waals surface area (Å²) in [6, 6.07) is 3.60. The second-order valence-corrected chi connectivity index (χ2v) is 10.2. The first-order chi connectivity index (χ1) is 16.0. The van der Waals surface area contributed by atoms with Gasteiger partial charge in [0.2, 0.25) is 0 Å². The Hall–Kier alpha value is -2.94. The van der Waals surface area contributed by atoms with Crippen molar-refractivity contribution in [1.82, 2.24) is 0 Å². The Morgan fingerprint density at radius 3 is 1.74 bits per heavy atom. The first-order valence-corrected chi connectivity index (χ1v) is 11.8. The molecule has 0 amide bonds. The average Bonchev–Trinajstić information content (AvgIpc) is 2.74. The lowest BCUT2D eigenvalue weighted by molar-refractivity contribution is -0.171. The summed E-state index contributed by atoms with van der Waals surface area (Å²) in [6.07, 6.45) is -1.29. The van der Waals surface area contributed by atoms with Crippen LogP contribution in [0, 0.1) is 17.3 Å². The lowest BCUT2D eigenvalue weighted by Gasteiger charge is -2.25. The number of hydrogen-bond donors (Lipinski definition) is 1. The first-order valence-electron chi connectivity index (χ1n) is 11.8. The first kappa shape index (κ1) is 30.1. The van der Waals surface area contributed by atoms with Crippen LogP contribution in [0.5, 0.6) is 11.5 Å². The van der Waals surface area contributed by atoms with Crippen LogP contribution in [0.1, 0.15) is 67.9 Å². The van der Waals surface area contributed by atoms with Crippen LogP contribution in [0.4, 0.5) is 0 Å². The zero-order valence-corrected chi connectivity index (χ0v) is 22.2. The molecular formula is C26H39NO8. The molecule has 0 unspecified atom stereocenters. The Labute approximate surface area is 207 Å². The third-order valence-electron chi connectivity index (χ3n) is 5.00. The standard InChI is InChI=1S/C26H39NO8/c1-14(2)22(28)34-20-11-10-18(13-21(20)35-23(29)15(3)4)12-19(27)24(30)32-16(5)17(6)33-25(31)26(7,8)9/h10-11,13-17,19H,12,27H2,1-9H3/t16-,17-,19-/m0/s1. The highest BCUT2D eigenvalue weighted by Crippen LogP contribution is 2.30. The van der Waals surface area contributed by atoms with E-state index in [-0.39, 0.29) is 23.8 Å². The van der Waals surface area contributed by atoms with E-state index < -0.39 is 53.5 Å². The second kappa shape index (κ2) is 12.7. The van der Waals surface area contributed by atoms with Gasteiger partial charge in [0.05, 0.1) is 17.3 Å². The summed E-state index contributed by atoms with van der Waals surface area (Å²) >= 11 is 0. The van der Waals surface area contributed by atoms with Crippen LogP contribution in [0.3, 0.4) is 0 Å². The number of rotatable bonds is 10.